The third-order valence-corrected chi connectivity index (χ3v) is 4.59. The van der Waals surface area contributed by atoms with Crippen molar-refractivity contribution in [3.63, 3.8) is 0 Å². The van der Waals surface area contributed by atoms with Crippen molar-refractivity contribution in [2.75, 3.05) is 33.2 Å². The minimum Gasteiger partial charge on any atom is -0.342 e. The average Bonchev–Trinajstić information content (AvgIpc) is 3.07. The van der Waals surface area contributed by atoms with Crippen LogP contribution in [0.25, 0.3) is 0 Å². The van der Waals surface area contributed by atoms with E-state index >= 15 is 0 Å². The zero-order valence-corrected chi connectivity index (χ0v) is 10.7. The second-order valence-corrected chi connectivity index (χ2v) is 5.87. The molecule has 0 radical (unpaired) electrons. The Balaban J connectivity index is 1.50. The number of carbonyl (C=O) groups excluding carboxylic acids is 1. The third kappa shape index (κ3) is 2.47. The van der Waals surface area contributed by atoms with Gasteiger partial charge in [-0.3, -0.25) is 9.69 Å². The zero-order chi connectivity index (χ0) is 11.8. The number of likely N-dealkylation sites (tertiary alicyclic amines) is 1. The number of hydrogen-bond donors (Lipinski definition) is 1. The van der Waals surface area contributed by atoms with E-state index in [0.717, 1.165) is 25.0 Å². The third-order valence-electron chi connectivity index (χ3n) is 4.59. The van der Waals surface area contributed by atoms with Gasteiger partial charge in [-0.15, -0.1) is 0 Å². The molecule has 4 heteroatoms. The van der Waals surface area contributed by atoms with Crippen molar-refractivity contribution >= 4 is 5.91 Å². The fourth-order valence-corrected chi connectivity index (χ4v) is 3.23. The topological polar surface area (TPSA) is 35.6 Å². The molecule has 2 aliphatic heterocycles. The summed E-state index contributed by atoms with van der Waals surface area (Å²) in [7, 11) is 1.96. The lowest BCUT2D eigenvalue weighted by Crippen LogP contribution is -2.48. The molecule has 2 heterocycles. The van der Waals surface area contributed by atoms with Gasteiger partial charge in [-0.2, -0.15) is 0 Å². The molecule has 3 aliphatic rings. The fourth-order valence-electron chi connectivity index (χ4n) is 3.23. The lowest BCUT2D eigenvalue weighted by molar-refractivity contribution is -0.132. The van der Waals surface area contributed by atoms with E-state index in [2.05, 4.69) is 10.2 Å². The summed E-state index contributed by atoms with van der Waals surface area (Å²) in [6.45, 7) is 4.00. The molecule has 4 nitrogen and oxygen atoms in total. The SMILES string of the molecule is CN(C(=O)CN1CCC2NCCC2C1)C1CC1. The van der Waals surface area contributed by atoms with Gasteiger partial charge >= 0.3 is 0 Å². The Kier molecular flexibility index (Phi) is 3.09. The van der Waals surface area contributed by atoms with Crippen LogP contribution in [0, 0.1) is 5.92 Å². The Morgan fingerprint density at radius 2 is 2.18 bits per heavy atom. The molecule has 17 heavy (non-hydrogen) atoms. The van der Waals surface area contributed by atoms with Gasteiger partial charge in [-0.25, -0.2) is 0 Å². The number of amides is 1. The standard InChI is InChI=1S/C13H23N3O/c1-15(11-2-3-11)13(17)9-16-7-5-12-10(8-16)4-6-14-12/h10-12,14H,2-9H2,1H3. The summed E-state index contributed by atoms with van der Waals surface area (Å²) in [6.07, 6.45) is 4.91. The summed E-state index contributed by atoms with van der Waals surface area (Å²) >= 11 is 0. The molecule has 3 fully saturated rings. The van der Waals surface area contributed by atoms with Crippen LogP contribution in [-0.4, -0.2) is 61.0 Å². The van der Waals surface area contributed by atoms with Crippen molar-refractivity contribution in [2.45, 2.75) is 37.8 Å². The Morgan fingerprint density at radius 3 is 2.94 bits per heavy atom. The van der Waals surface area contributed by atoms with E-state index in [0.29, 0.717) is 18.5 Å². The predicted octanol–water partition coefficient (Wildman–Crippen LogP) is 0.291. The van der Waals surface area contributed by atoms with Crippen LogP contribution in [0.3, 0.4) is 0 Å². The molecule has 0 aromatic rings. The highest BCUT2D eigenvalue weighted by atomic mass is 16.2. The number of nitrogens with zero attached hydrogens (tertiary/aromatic N) is 2. The summed E-state index contributed by atoms with van der Waals surface area (Å²) in [5.74, 6) is 1.10. The van der Waals surface area contributed by atoms with E-state index < -0.39 is 0 Å². The Morgan fingerprint density at radius 1 is 1.35 bits per heavy atom. The van der Waals surface area contributed by atoms with Crippen LogP contribution in [0.1, 0.15) is 25.7 Å². The lowest BCUT2D eigenvalue weighted by Gasteiger charge is -2.35. The quantitative estimate of drug-likeness (QED) is 0.766. The molecule has 2 unspecified atom stereocenters. The molecular weight excluding hydrogens is 214 g/mol. The highest BCUT2D eigenvalue weighted by Gasteiger charge is 2.35. The van der Waals surface area contributed by atoms with E-state index in [1.807, 2.05) is 11.9 Å². The minimum absolute atomic E-state index is 0.317. The van der Waals surface area contributed by atoms with Crippen molar-refractivity contribution in [3.8, 4) is 0 Å². The first-order chi connectivity index (χ1) is 8.24. The first kappa shape index (κ1) is 11.5. The van der Waals surface area contributed by atoms with Gasteiger partial charge in [0.2, 0.25) is 5.91 Å². The molecule has 96 valence electrons. The molecule has 3 rings (SSSR count). The highest BCUT2D eigenvalue weighted by molar-refractivity contribution is 5.78. The van der Waals surface area contributed by atoms with Gasteiger partial charge in [0.25, 0.3) is 0 Å². The van der Waals surface area contributed by atoms with Crippen molar-refractivity contribution in [1.82, 2.24) is 15.1 Å². The van der Waals surface area contributed by atoms with E-state index in [9.17, 15) is 4.79 Å². The van der Waals surface area contributed by atoms with Crippen molar-refractivity contribution in [2.24, 2.45) is 5.92 Å². The number of carbonyl (C=O) groups is 1. The van der Waals surface area contributed by atoms with Gasteiger partial charge in [-0.1, -0.05) is 0 Å². The Labute approximate surface area is 103 Å². The van der Waals surface area contributed by atoms with Gasteiger partial charge in [0, 0.05) is 32.2 Å². The number of rotatable bonds is 3. The molecule has 2 saturated heterocycles. The summed E-state index contributed by atoms with van der Waals surface area (Å²) in [6, 6.07) is 1.27. The maximum atomic E-state index is 12.1. The van der Waals surface area contributed by atoms with Crippen LogP contribution in [-0.2, 0) is 4.79 Å². The molecule has 2 atom stereocenters. The van der Waals surface area contributed by atoms with Crippen molar-refractivity contribution in [3.05, 3.63) is 0 Å². The summed E-state index contributed by atoms with van der Waals surface area (Å²) < 4.78 is 0. The van der Waals surface area contributed by atoms with E-state index in [1.54, 1.807) is 0 Å². The molecular formula is C13H23N3O. The normalized spacial score (nSPS) is 33.5. The van der Waals surface area contributed by atoms with Gasteiger partial charge in [0.15, 0.2) is 0 Å². The molecule has 0 spiro atoms. The van der Waals surface area contributed by atoms with Crippen LogP contribution in [0.5, 0.6) is 0 Å². The number of nitrogens with one attached hydrogen (secondary N) is 1. The van der Waals surface area contributed by atoms with Crippen LogP contribution in [0.15, 0.2) is 0 Å². The Bertz CT molecular complexity index is 303. The number of hydrogen-bond acceptors (Lipinski definition) is 3. The lowest BCUT2D eigenvalue weighted by atomic mass is 9.93. The molecule has 1 saturated carbocycles. The van der Waals surface area contributed by atoms with E-state index in [-0.39, 0.29) is 0 Å². The largest absolute Gasteiger partial charge is 0.342 e. The number of likely N-dealkylation sites (N-methyl/N-ethyl adjacent to an activating group) is 1. The van der Waals surface area contributed by atoms with Gasteiger partial charge in [0.1, 0.15) is 0 Å². The number of piperidine rings is 1. The molecule has 0 aromatic carbocycles. The molecule has 0 aromatic heterocycles. The first-order valence-electron chi connectivity index (χ1n) is 6.95. The average molecular weight is 237 g/mol. The second kappa shape index (κ2) is 4.58. The predicted molar refractivity (Wildman–Crippen MR) is 66.7 cm³/mol. The van der Waals surface area contributed by atoms with Gasteiger partial charge < -0.3 is 10.2 Å². The van der Waals surface area contributed by atoms with Crippen molar-refractivity contribution in [1.29, 1.82) is 0 Å². The molecule has 1 aliphatic carbocycles. The van der Waals surface area contributed by atoms with Crippen LogP contribution >= 0.6 is 0 Å². The smallest absolute Gasteiger partial charge is 0.236 e. The van der Waals surface area contributed by atoms with Crippen LogP contribution < -0.4 is 5.32 Å². The fraction of sp³-hybridized carbons (Fsp3) is 0.923. The maximum Gasteiger partial charge on any atom is 0.236 e. The van der Waals surface area contributed by atoms with Crippen LogP contribution in [0.4, 0.5) is 0 Å². The highest BCUT2D eigenvalue weighted by Crippen LogP contribution is 2.27. The van der Waals surface area contributed by atoms with Crippen LogP contribution in [0.2, 0.25) is 0 Å². The summed E-state index contributed by atoms with van der Waals surface area (Å²) in [5, 5.41) is 3.56. The summed E-state index contributed by atoms with van der Waals surface area (Å²) in [5.41, 5.74) is 0. The minimum atomic E-state index is 0.317. The number of fused-ring (bicyclic) bond motifs is 1. The summed E-state index contributed by atoms with van der Waals surface area (Å²) in [4.78, 5) is 16.4. The van der Waals surface area contributed by atoms with Crippen molar-refractivity contribution < 1.29 is 4.79 Å². The second-order valence-electron chi connectivity index (χ2n) is 5.87. The maximum absolute atomic E-state index is 12.1. The Hall–Kier alpha value is -0.610. The van der Waals surface area contributed by atoms with Gasteiger partial charge in [0.05, 0.1) is 6.54 Å². The zero-order valence-electron chi connectivity index (χ0n) is 10.7. The molecule has 0 bridgehead atoms. The monoisotopic (exact) mass is 237 g/mol. The van der Waals surface area contributed by atoms with E-state index in [4.69, 9.17) is 0 Å². The molecule has 1 N–H and O–H groups in total. The molecule has 1 amide bonds. The first-order valence-corrected chi connectivity index (χ1v) is 6.95. The van der Waals surface area contributed by atoms with E-state index in [1.165, 1.54) is 32.2 Å². The van der Waals surface area contributed by atoms with Gasteiger partial charge in [-0.05, 0) is 38.1 Å².